The average Bonchev–Trinajstić information content (AvgIpc) is 3.14. The molecule has 0 spiro atoms. The van der Waals surface area contributed by atoms with Gasteiger partial charge in [-0.3, -0.25) is 4.79 Å². The molecule has 1 aromatic heterocycles. The summed E-state index contributed by atoms with van der Waals surface area (Å²) in [6, 6.07) is 15.1. The van der Waals surface area contributed by atoms with E-state index in [2.05, 4.69) is 32.9 Å². The van der Waals surface area contributed by atoms with E-state index in [9.17, 15) is 9.90 Å². The van der Waals surface area contributed by atoms with E-state index < -0.39 is 0 Å². The number of phenolic OH excluding ortho intramolecular Hbond substituents is 1. The summed E-state index contributed by atoms with van der Waals surface area (Å²) >= 11 is 1.34. The number of thioether (sulfide) groups is 1. The molecule has 3 N–H and O–H groups in total. The molecule has 0 radical (unpaired) electrons. The van der Waals surface area contributed by atoms with Crippen LogP contribution >= 0.6 is 11.8 Å². The third-order valence-corrected chi connectivity index (χ3v) is 5.35. The lowest BCUT2D eigenvalue weighted by Crippen LogP contribution is -2.36. The summed E-state index contributed by atoms with van der Waals surface area (Å²) < 4.78 is 2.04. The number of para-hydroxylation sites is 1. The fraction of sp³-hybridized carbons (Fsp3) is 0.238. The van der Waals surface area contributed by atoms with Crippen LogP contribution in [0.4, 0.5) is 0 Å². The molecule has 8 heteroatoms. The Balaban J connectivity index is 1.64. The summed E-state index contributed by atoms with van der Waals surface area (Å²) in [4.78, 5) is 12.2. The number of rotatable bonds is 7. The highest BCUT2D eigenvalue weighted by Gasteiger charge is 2.21. The highest BCUT2D eigenvalue weighted by molar-refractivity contribution is 7.99. The topological polar surface area (TPSA) is 94.2 Å². The van der Waals surface area contributed by atoms with E-state index in [4.69, 9.17) is 0 Å². The molecule has 3 rings (SSSR count). The van der Waals surface area contributed by atoms with Crippen molar-refractivity contribution in [1.82, 2.24) is 15.6 Å². The number of nitrogens with one attached hydrogen (secondary N) is 2. The van der Waals surface area contributed by atoms with Gasteiger partial charge < -0.3 is 5.11 Å². The number of carbonyl (C=O) groups is 1. The molecule has 0 saturated carbocycles. The predicted molar refractivity (Wildman–Crippen MR) is 114 cm³/mol. The predicted octanol–water partition coefficient (Wildman–Crippen LogP) is 3.03. The van der Waals surface area contributed by atoms with Crippen molar-refractivity contribution in [3.05, 3.63) is 59.7 Å². The van der Waals surface area contributed by atoms with E-state index >= 15 is 0 Å². The van der Waals surface area contributed by atoms with Gasteiger partial charge in [-0.2, -0.15) is 5.10 Å². The van der Waals surface area contributed by atoms with E-state index in [1.54, 1.807) is 31.2 Å². The van der Waals surface area contributed by atoms with Crippen molar-refractivity contribution < 1.29 is 14.5 Å². The molecule has 1 heterocycles. The van der Waals surface area contributed by atoms with Crippen LogP contribution in [0.2, 0.25) is 0 Å². The zero-order valence-corrected chi connectivity index (χ0v) is 17.5. The van der Waals surface area contributed by atoms with Crippen molar-refractivity contribution in [2.45, 2.75) is 32.5 Å². The third kappa shape index (κ3) is 5.03. The summed E-state index contributed by atoms with van der Waals surface area (Å²) in [6.07, 6.45) is 0. The zero-order valence-electron chi connectivity index (χ0n) is 16.6. The van der Waals surface area contributed by atoms with Crippen molar-refractivity contribution in [1.29, 1.82) is 0 Å². The van der Waals surface area contributed by atoms with Crippen molar-refractivity contribution >= 4 is 23.4 Å². The zero-order chi connectivity index (χ0) is 20.8. The van der Waals surface area contributed by atoms with Crippen molar-refractivity contribution in [3.63, 3.8) is 0 Å². The maximum atomic E-state index is 12.2. The van der Waals surface area contributed by atoms with E-state index in [0.29, 0.717) is 11.3 Å². The van der Waals surface area contributed by atoms with E-state index in [-0.39, 0.29) is 17.4 Å². The first-order valence-corrected chi connectivity index (χ1v) is 10.3. The largest absolute Gasteiger partial charge is 0.507 e. The number of benzene rings is 2. The van der Waals surface area contributed by atoms with Crippen LogP contribution < -0.4 is 9.99 Å². The molecule has 3 aromatic rings. The second kappa shape index (κ2) is 9.38. The van der Waals surface area contributed by atoms with Crippen LogP contribution in [0.3, 0.4) is 0 Å². The van der Waals surface area contributed by atoms with Gasteiger partial charge in [-0.1, -0.05) is 29.8 Å². The summed E-state index contributed by atoms with van der Waals surface area (Å²) in [5.41, 5.74) is 5.89. The van der Waals surface area contributed by atoms with Crippen LogP contribution in [0.1, 0.15) is 25.0 Å². The lowest BCUT2D eigenvalue weighted by Gasteiger charge is -2.04. The lowest BCUT2D eigenvalue weighted by atomic mass is 10.1. The Morgan fingerprint density at radius 1 is 1.24 bits per heavy atom. The van der Waals surface area contributed by atoms with Gasteiger partial charge in [-0.15, -0.1) is 5.10 Å². The summed E-state index contributed by atoms with van der Waals surface area (Å²) in [6.45, 7) is 6.55. The molecule has 0 aliphatic carbocycles. The number of nitrogens with zero attached hydrogens (tertiary/aromatic N) is 3. The van der Waals surface area contributed by atoms with Gasteiger partial charge in [-0.25, -0.2) is 9.99 Å². The van der Waals surface area contributed by atoms with Gasteiger partial charge in [0.2, 0.25) is 0 Å². The molecule has 0 bridgehead atoms. The molecule has 0 aliphatic rings. The van der Waals surface area contributed by atoms with Gasteiger partial charge in [0.1, 0.15) is 5.75 Å². The van der Waals surface area contributed by atoms with Crippen molar-refractivity contribution in [3.8, 4) is 17.1 Å². The molecule has 150 valence electrons. The number of carbonyl (C=O) groups excluding carboxylic acids is 1. The fourth-order valence-electron chi connectivity index (χ4n) is 2.80. The number of aromatic amines is 1. The van der Waals surface area contributed by atoms with Crippen molar-refractivity contribution in [2.75, 3.05) is 5.75 Å². The number of aromatic hydroxyl groups is 1. The fourth-order valence-corrected chi connectivity index (χ4v) is 3.61. The molecule has 7 nitrogen and oxygen atoms in total. The van der Waals surface area contributed by atoms with Gasteiger partial charge in [0.15, 0.2) is 0 Å². The van der Waals surface area contributed by atoms with Gasteiger partial charge in [0, 0.05) is 5.56 Å². The number of hydrogen-bond acceptors (Lipinski definition) is 5. The molecule has 0 unspecified atom stereocenters. The summed E-state index contributed by atoms with van der Waals surface area (Å²) in [5, 5.41) is 22.1. The van der Waals surface area contributed by atoms with E-state index in [1.165, 1.54) is 17.3 Å². The molecule has 0 atom stereocenters. The first-order chi connectivity index (χ1) is 14.0. The number of phenols is 1. The Morgan fingerprint density at radius 3 is 2.66 bits per heavy atom. The Labute approximate surface area is 173 Å². The quantitative estimate of drug-likeness (QED) is 0.242. The Kier molecular flexibility index (Phi) is 6.66. The maximum absolute atomic E-state index is 12.2. The highest BCUT2D eigenvalue weighted by Crippen LogP contribution is 2.19. The number of aromatic nitrogens is 3. The van der Waals surface area contributed by atoms with Crippen LogP contribution in [-0.2, 0) is 11.3 Å². The normalized spacial score (nSPS) is 11.5. The molecular weight excluding hydrogens is 386 g/mol. The maximum Gasteiger partial charge on any atom is 0.337 e. The minimum Gasteiger partial charge on any atom is -0.507 e. The van der Waals surface area contributed by atoms with Crippen LogP contribution in [0.25, 0.3) is 11.4 Å². The smallest absolute Gasteiger partial charge is 0.337 e. The molecule has 0 fully saturated rings. The molecule has 29 heavy (non-hydrogen) atoms. The van der Waals surface area contributed by atoms with Gasteiger partial charge in [0.05, 0.1) is 28.7 Å². The molecule has 1 amide bonds. The minimum absolute atomic E-state index is 0.126. The Morgan fingerprint density at radius 2 is 1.97 bits per heavy atom. The van der Waals surface area contributed by atoms with Gasteiger partial charge in [-0.05, 0) is 56.8 Å². The second-order valence-corrected chi connectivity index (χ2v) is 7.45. The molecule has 2 aromatic carbocycles. The average molecular weight is 411 g/mol. The third-order valence-electron chi connectivity index (χ3n) is 4.37. The first-order valence-electron chi connectivity index (χ1n) is 9.29. The first kappa shape index (κ1) is 20.6. The van der Waals surface area contributed by atoms with E-state index in [0.717, 1.165) is 23.1 Å². The van der Waals surface area contributed by atoms with Crippen LogP contribution in [0.5, 0.6) is 5.75 Å². The standard InChI is InChI=1S/C21H23N5O2S/c1-4-26-20(16-11-9-14(2)10-12-16)24-25-21(26)29-13-19(28)23-22-15(3)17-7-5-6-8-18(17)27/h5-12H,4,13H2,1-3H3,(H2,22,23,27,28)/p+1. The number of amides is 1. The lowest BCUT2D eigenvalue weighted by molar-refractivity contribution is -0.719. The molecule has 0 aliphatic heterocycles. The van der Waals surface area contributed by atoms with E-state index in [1.807, 2.05) is 30.5 Å². The van der Waals surface area contributed by atoms with Crippen LogP contribution in [-0.4, -0.2) is 32.7 Å². The summed E-state index contributed by atoms with van der Waals surface area (Å²) in [7, 11) is 0. The number of H-pyrrole nitrogens is 1. The Bertz CT molecular complexity index is 1030. The number of hydrazone groups is 1. The van der Waals surface area contributed by atoms with Gasteiger partial charge >= 0.3 is 5.16 Å². The number of hydrogen-bond donors (Lipinski definition) is 3. The molecular formula is C21H24N5O2S+. The van der Waals surface area contributed by atoms with Crippen LogP contribution in [0.15, 0.2) is 58.8 Å². The van der Waals surface area contributed by atoms with Crippen LogP contribution in [0, 0.1) is 6.92 Å². The molecule has 0 saturated heterocycles. The summed E-state index contributed by atoms with van der Waals surface area (Å²) in [5.74, 6) is 0.966. The minimum atomic E-state index is -0.243. The van der Waals surface area contributed by atoms with Gasteiger partial charge in [0.25, 0.3) is 11.7 Å². The second-order valence-electron chi connectivity index (χ2n) is 6.50. The monoisotopic (exact) mass is 410 g/mol. The van der Waals surface area contributed by atoms with Crippen molar-refractivity contribution in [2.24, 2.45) is 5.10 Å². The number of aryl methyl sites for hydroxylation is 1. The highest BCUT2D eigenvalue weighted by atomic mass is 32.2. The Hall–Kier alpha value is -3.13. The SMILES string of the molecule is CC[n+]1c(SCC(=O)N/N=C(/C)c2ccccc2O)n[nH]c1-c1ccc(C)cc1.